The Kier molecular flexibility index (Phi) is 6.50. The second-order valence-corrected chi connectivity index (χ2v) is 7.81. The summed E-state index contributed by atoms with van der Waals surface area (Å²) in [7, 11) is 0. The molecule has 2 aliphatic rings. The molecule has 6 heteroatoms. The smallest absolute Gasteiger partial charge is 0.164 e. The van der Waals surface area contributed by atoms with Gasteiger partial charge in [-0.1, -0.05) is 0 Å². The van der Waals surface area contributed by atoms with Crippen LogP contribution in [0.2, 0.25) is 0 Å². The van der Waals surface area contributed by atoms with Crippen molar-refractivity contribution >= 4 is 13.5 Å². The van der Waals surface area contributed by atoms with Gasteiger partial charge < -0.3 is 9.47 Å². The number of nitrogens with zero attached hydrogens (tertiary/aromatic N) is 2. The van der Waals surface area contributed by atoms with E-state index in [0.29, 0.717) is 36.2 Å². The van der Waals surface area contributed by atoms with Gasteiger partial charge in [-0.05, 0) is 69.8 Å². The molecule has 4 rings (SSSR count). The van der Waals surface area contributed by atoms with Gasteiger partial charge in [-0.3, -0.25) is 9.88 Å². The van der Waals surface area contributed by atoms with Crippen LogP contribution in [0.25, 0.3) is 0 Å². The van der Waals surface area contributed by atoms with E-state index in [0.717, 1.165) is 37.3 Å². The van der Waals surface area contributed by atoms with Crippen LogP contribution in [0.15, 0.2) is 24.3 Å². The Morgan fingerprint density at radius 2 is 1.75 bits per heavy atom. The molecular weight excluding hydrogens is 375 g/mol. The number of hydrogen-bond donors (Lipinski definition) is 0. The first kappa shape index (κ1) is 20.9. The fourth-order valence-corrected chi connectivity index (χ4v) is 4.35. The summed E-state index contributed by atoms with van der Waals surface area (Å²) in [5, 5.41) is 0. The number of likely N-dealkylation sites (tertiary alicyclic amines) is 1. The predicted octanol–water partition coefficient (Wildman–Crippen LogP) is 4.35. The predicted molar refractivity (Wildman–Crippen MR) is 113 cm³/mol. The van der Waals surface area contributed by atoms with E-state index >= 15 is 0 Å². The third-order valence-electron chi connectivity index (χ3n) is 5.64. The molecule has 0 N–H and O–H groups in total. The topological polar surface area (TPSA) is 34.6 Å². The van der Waals surface area contributed by atoms with Crippen LogP contribution >= 0.6 is 13.5 Å². The minimum atomic E-state index is -0.212. The first-order valence-corrected chi connectivity index (χ1v) is 9.77. The highest BCUT2D eigenvalue weighted by atomic mass is 32.1. The summed E-state index contributed by atoms with van der Waals surface area (Å²) in [6, 6.07) is 7.67. The van der Waals surface area contributed by atoms with Crippen molar-refractivity contribution in [2.45, 2.75) is 39.7 Å². The normalized spacial score (nSPS) is 19.9. The molecule has 2 atom stereocenters. The van der Waals surface area contributed by atoms with Gasteiger partial charge in [-0.15, -0.1) is 0 Å². The molecule has 28 heavy (non-hydrogen) atoms. The first-order valence-electron chi connectivity index (χ1n) is 9.77. The van der Waals surface area contributed by atoms with Crippen LogP contribution in [0.1, 0.15) is 41.9 Å². The molecule has 0 amide bonds. The molecule has 1 aromatic heterocycles. The standard InChI is InChI=1S/C22H27FN2O2.H2S/c1-14-8-18(9-15(2)24-14)10-17-4-5-25(13-17)16(3)19-11-21-22(12-20(19)23)27-7-6-26-21;/h8-9,11-12,16-17H,4-7,10,13H2,1-3H3;1H2/t16-,17+;/m0./s1. The molecule has 2 aliphatic heterocycles. The van der Waals surface area contributed by atoms with E-state index in [-0.39, 0.29) is 25.4 Å². The highest BCUT2D eigenvalue weighted by Gasteiger charge is 2.29. The van der Waals surface area contributed by atoms with E-state index in [4.69, 9.17) is 9.47 Å². The summed E-state index contributed by atoms with van der Waals surface area (Å²) in [6.07, 6.45) is 2.19. The minimum absolute atomic E-state index is 0. The lowest BCUT2D eigenvalue weighted by Crippen LogP contribution is -2.26. The molecule has 1 saturated heterocycles. The number of pyridine rings is 1. The second kappa shape index (κ2) is 8.70. The molecule has 3 heterocycles. The summed E-state index contributed by atoms with van der Waals surface area (Å²) in [5.41, 5.74) is 4.19. The number of benzene rings is 1. The number of aryl methyl sites for hydroxylation is 2. The number of fused-ring (bicyclic) bond motifs is 1. The van der Waals surface area contributed by atoms with Gasteiger partial charge in [0.1, 0.15) is 19.0 Å². The van der Waals surface area contributed by atoms with Crippen molar-refractivity contribution in [3.8, 4) is 11.5 Å². The average molecular weight is 405 g/mol. The Balaban J connectivity index is 0.00000225. The Hall–Kier alpha value is -1.79. The van der Waals surface area contributed by atoms with Gasteiger partial charge in [-0.25, -0.2) is 4.39 Å². The zero-order chi connectivity index (χ0) is 19.0. The summed E-state index contributed by atoms with van der Waals surface area (Å²) in [6.45, 7) is 9.14. The summed E-state index contributed by atoms with van der Waals surface area (Å²) in [4.78, 5) is 6.84. The van der Waals surface area contributed by atoms with Gasteiger partial charge in [0.2, 0.25) is 0 Å². The highest BCUT2D eigenvalue weighted by molar-refractivity contribution is 7.59. The number of aromatic nitrogens is 1. The molecule has 0 saturated carbocycles. The SMILES string of the molecule is Cc1cc(C[C@H]2CCN([C@@H](C)c3cc4c(cc3F)OCCO4)C2)cc(C)n1.S. The van der Waals surface area contributed by atoms with Gasteiger partial charge in [0.25, 0.3) is 0 Å². The van der Waals surface area contributed by atoms with Crippen LogP contribution in [0.5, 0.6) is 11.5 Å². The number of ether oxygens (including phenoxy) is 2. The number of rotatable bonds is 4. The lowest BCUT2D eigenvalue weighted by Gasteiger charge is -2.27. The fourth-order valence-electron chi connectivity index (χ4n) is 4.35. The fraction of sp³-hybridized carbons (Fsp3) is 0.500. The molecular formula is C22H29FN2O2S. The highest BCUT2D eigenvalue weighted by Crippen LogP contribution is 2.37. The summed E-state index contributed by atoms with van der Waals surface area (Å²) in [5.74, 6) is 1.55. The monoisotopic (exact) mass is 404 g/mol. The third-order valence-corrected chi connectivity index (χ3v) is 5.64. The molecule has 2 aromatic rings. The van der Waals surface area contributed by atoms with E-state index in [9.17, 15) is 4.39 Å². The lowest BCUT2D eigenvalue weighted by molar-refractivity contribution is 0.169. The van der Waals surface area contributed by atoms with Crippen molar-refractivity contribution in [1.82, 2.24) is 9.88 Å². The molecule has 0 aliphatic carbocycles. The average Bonchev–Trinajstić information content (AvgIpc) is 3.08. The second-order valence-electron chi connectivity index (χ2n) is 7.81. The maximum Gasteiger partial charge on any atom is 0.164 e. The quantitative estimate of drug-likeness (QED) is 0.759. The molecule has 1 aromatic carbocycles. The van der Waals surface area contributed by atoms with E-state index in [1.807, 2.05) is 19.9 Å². The first-order chi connectivity index (χ1) is 13.0. The van der Waals surface area contributed by atoms with Crippen molar-refractivity contribution in [2.24, 2.45) is 5.92 Å². The summed E-state index contributed by atoms with van der Waals surface area (Å²) >= 11 is 0. The maximum atomic E-state index is 14.6. The molecule has 4 nitrogen and oxygen atoms in total. The van der Waals surface area contributed by atoms with E-state index < -0.39 is 0 Å². The van der Waals surface area contributed by atoms with Gasteiger partial charge >= 0.3 is 0 Å². The lowest BCUT2D eigenvalue weighted by atomic mass is 9.98. The van der Waals surface area contributed by atoms with Crippen molar-refractivity contribution in [3.05, 3.63) is 52.6 Å². The van der Waals surface area contributed by atoms with Crippen LogP contribution in [0.3, 0.4) is 0 Å². The largest absolute Gasteiger partial charge is 0.486 e. The van der Waals surface area contributed by atoms with Crippen molar-refractivity contribution in [2.75, 3.05) is 26.3 Å². The summed E-state index contributed by atoms with van der Waals surface area (Å²) < 4.78 is 25.8. The molecule has 0 radical (unpaired) electrons. The van der Waals surface area contributed by atoms with Crippen LogP contribution in [0.4, 0.5) is 4.39 Å². The zero-order valence-electron chi connectivity index (χ0n) is 16.8. The van der Waals surface area contributed by atoms with Gasteiger partial charge in [0.15, 0.2) is 11.5 Å². The van der Waals surface area contributed by atoms with Crippen LogP contribution < -0.4 is 9.47 Å². The maximum absolute atomic E-state index is 14.6. The van der Waals surface area contributed by atoms with E-state index in [2.05, 4.69) is 28.9 Å². The number of halogens is 1. The van der Waals surface area contributed by atoms with E-state index in [1.54, 1.807) is 0 Å². The van der Waals surface area contributed by atoms with Crippen LogP contribution in [-0.4, -0.2) is 36.2 Å². The van der Waals surface area contributed by atoms with Gasteiger partial charge in [0, 0.05) is 35.6 Å². The molecule has 0 spiro atoms. The van der Waals surface area contributed by atoms with Gasteiger partial charge in [0.05, 0.1) is 0 Å². The number of hydrogen-bond acceptors (Lipinski definition) is 4. The molecule has 0 bridgehead atoms. The minimum Gasteiger partial charge on any atom is -0.486 e. The van der Waals surface area contributed by atoms with Gasteiger partial charge in [-0.2, -0.15) is 13.5 Å². The zero-order valence-corrected chi connectivity index (χ0v) is 17.8. The Labute approximate surface area is 173 Å². The Morgan fingerprint density at radius 3 is 2.43 bits per heavy atom. The molecule has 0 unspecified atom stereocenters. The Morgan fingerprint density at radius 1 is 1.11 bits per heavy atom. The van der Waals surface area contributed by atoms with Crippen molar-refractivity contribution < 1.29 is 13.9 Å². The molecule has 152 valence electrons. The van der Waals surface area contributed by atoms with Crippen LogP contribution in [0, 0.1) is 25.6 Å². The van der Waals surface area contributed by atoms with Crippen molar-refractivity contribution in [1.29, 1.82) is 0 Å². The Bertz CT molecular complexity index is 825. The molecule has 1 fully saturated rings. The van der Waals surface area contributed by atoms with Crippen molar-refractivity contribution in [3.63, 3.8) is 0 Å². The third kappa shape index (κ3) is 4.44. The van der Waals surface area contributed by atoms with Crippen LogP contribution in [-0.2, 0) is 6.42 Å². The van der Waals surface area contributed by atoms with E-state index in [1.165, 1.54) is 11.6 Å².